The van der Waals surface area contributed by atoms with Gasteiger partial charge in [-0.05, 0) is 38.1 Å². The predicted molar refractivity (Wildman–Crippen MR) is 91.2 cm³/mol. The Kier molecular flexibility index (Phi) is 5.36. The van der Waals surface area contributed by atoms with Crippen LogP contribution in [0.25, 0.3) is 0 Å². The van der Waals surface area contributed by atoms with Crippen molar-refractivity contribution in [3.63, 3.8) is 0 Å². The van der Waals surface area contributed by atoms with E-state index in [2.05, 4.69) is 27.7 Å². The van der Waals surface area contributed by atoms with Gasteiger partial charge in [-0.15, -0.1) is 0 Å². The first-order valence-electron chi connectivity index (χ1n) is 8.57. The van der Waals surface area contributed by atoms with Crippen molar-refractivity contribution in [2.45, 2.75) is 32.0 Å². The smallest absolute Gasteiger partial charge is 0.428 e. The Hall–Kier alpha value is -2.29. The van der Waals surface area contributed by atoms with Crippen molar-refractivity contribution in [3.05, 3.63) is 29.3 Å². The highest BCUT2D eigenvalue weighted by Crippen LogP contribution is 2.36. The molecule has 1 aromatic carbocycles. The van der Waals surface area contributed by atoms with Crippen molar-refractivity contribution in [1.29, 1.82) is 0 Å². The predicted octanol–water partition coefficient (Wildman–Crippen LogP) is 3.05. The minimum atomic E-state index is -4.50. The average Bonchev–Trinajstić information content (AvgIpc) is 3.07. The molecule has 0 bridgehead atoms. The molecular weight excluding hydrogens is 349 g/mol. The van der Waals surface area contributed by atoms with Crippen LogP contribution in [0.1, 0.15) is 30.9 Å². The monoisotopic (exact) mass is 370 g/mol. The third kappa shape index (κ3) is 4.09. The van der Waals surface area contributed by atoms with E-state index in [1.165, 1.54) is 6.07 Å². The van der Waals surface area contributed by atoms with E-state index < -0.39 is 17.8 Å². The van der Waals surface area contributed by atoms with Crippen molar-refractivity contribution in [1.82, 2.24) is 10.3 Å². The number of nitrogens with zero attached hydrogens (tertiary/aromatic N) is 2. The lowest BCUT2D eigenvalue weighted by atomic mass is 10.0. The number of hydrogen-bond donors (Lipinski definition) is 2. The third-order valence-corrected chi connectivity index (χ3v) is 4.71. The van der Waals surface area contributed by atoms with Crippen LogP contribution in [0.2, 0.25) is 0 Å². The van der Waals surface area contributed by atoms with Crippen LogP contribution in [-0.4, -0.2) is 49.0 Å². The van der Waals surface area contributed by atoms with Crippen molar-refractivity contribution in [3.8, 4) is 0 Å². The Balaban J connectivity index is 1.80. The first-order chi connectivity index (χ1) is 12.4. The van der Waals surface area contributed by atoms with Gasteiger partial charge in [-0.25, -0.2) is 10.2 Å². The molecule has 26 heavy (non-hydrogen) atoms. The lowest BCUT2D eigenvalue weighted by Gasteiger charge is -2.24. The van der Waals surface area contributed by atoms with Gasteiger partial charge in [-0.2, -0.15) is 18.3 Å². The quantitative estimate of drug-likeness (QED) is 0.836. The summed E-state index contributed by atoms with van der Waals surface area (Å²) in [6.45, 7) is 4.24. The number of carbonyl (C=O) groups excluding carboxylic acids is 1. The van der Waals surface area contributed by atoms with E-state index in [4.69, 9.17) is 4.74 Å². The fourth-order valence-corrected chi connectivity index (χ4v) is 3.34. The standard InChI is InChI=1S/C17H21F3N4O2/c1-2-24-7-3-4-12(24)9-21-14-6-5-11(8-13(14)17(18,19)20)15-10-26-16(25)23-22-15/h5-6,8,12,21H,2-4,7,9-10H2,1H3,(H,23,25). The lowest BCUT2D eigenvalue weighted by molar-refractivity contribution is -0.137. The van der Waals surface area contributed by atoms with Crippen LogP contribution in [0.3, 0.4) is 0 Å². The summed E-state index contributed by atoms with van der Waals surface area (Å²) in [5.74, 6) is 0. The highest BCUT2D eigenvalue weighted by molar-refractivity contribution is 6.04. The summed E-state index contributed by atoms with van der Waals surface area (Å²) in [5.41, 5.74) is 1.90. The lowest BCUT2D eigenvalue weighted by Crippen LogP contribution is -2.35. The molecule has 142 valence electrons. The summed E-state index contributed by atoms with van der Waals surface area (Å²) in [6, 6.07) is 4.23. The van der Waals surface area contributed by atoms with Gasteiger partial charge in [0, 0.05) is 23.8 Å². The summed E-state index contributed by atoms with van der Waals surface area (Å²) in [4.78, 5) is 13.2. The van der Waals surface area contributed by atoms with Crippen LogP contribution in [0.4, 0.5) is 23.7 Å². The number of rotatable bonds is 5. The van der Waals surface area contributed by atoms with Crippen LogP contribution >= 0.6 is 0 Å². The molecule has 1 saturated heterocycles. The topological polar surface area (TPSA) is 66.0 Å². The van der Waals surface area contributed by atoms with Gasteiger partial charge in [0.25, 0.3) is 0 Å². The molecule has 2 aliphatic heterocycles. The van der Waals surface area contributed by atoms with E-state index >= 15 is 0 Å². The molecule has 0 radical (unpaired) electrons. The summed E-state index contributed by atoms with van der Waals surface area (Å²) in [5, 5.41) is 6.72. The Bertz CT molecular complexity index is 706. The van der Waals surface area contributed by atoms with Gasteiger partial charge < -0.3 is 10.1 Å². The van der Waals surface area contributed by atoms with Crippen molar-refractivity contribution >= 4 is 17.5 Å². The maximum absolute atomic E-state index is 13.5. The van der Waals surface area contributed by atoms with Gasteiger partial charge in [0.05, 0.1) is 5.56 Å². The van der Waals surface area contributed by atoms with E-state index in [9.17, 15) is 18.0 Å². The van der Waals surface area contributed by atoms with E-state index in [-0.39, 0.29) is 29.6 Å². The SMILES string of the molecule is CCN1CCCC1CNc1ccc(C2=NNC(=O)OC2)cc1C(F)(F)F. The second-order valence-corrected chi connectivity index (χ2v) is 6.31. The summed E-state index contributed by atoms with van der Waals surface area (Å²) >= 11 is 0. The van der Waals surface area contributed by atoms with Gasteiger partial charge in [0.15, 0.2) is 0 Å². The summed E-state index contributed by atoms with van der Waals surface area (Å²) in [7, 11) is 0. The Morgan fingerprint density at radius 3 is 2.88 bits per heavy atom. The molecule has 3 rings (SSSR count). The molecule has 1 fully saturated rings. The number of alkyl halides is 3. The van der Waals surface area contributed by atoms with Gasteiger partial charge >= 0.3 is 12.3 Å². The maximum Gasteiger partial charge on any atom is 0.428 e. The number of likely N-dealkylation sites (tertiary alicyclic amines) is 1. The van der Waals surface area contributed by atoms with Crippen LogP contribution in [0.5, 0.6) is 0 Å². The molecule has 0 spiro atoms. The number of halogens is 3. The van der Waals surface area contributed by atoms with Crippen LogP contribution in [-0.2, 0) is 10.9 Å². The maximum atomic E-state index is 13.5. The molecule has 6 nitrogen and oxygen atoms in total. The fraction of sp³-hybridized carbons (Fsp3) is 0.529. The van der Waals surface area contributed by atoms with Crippen molar-refractivity contribution < 1.29 is 22.7 Å². The van der Waals surface area contributed by atoms with E-state index in [1.54, 1.807) is 6.07 Å². The van der Waals surface area contributed by atoms with E-state index in [0.29, 0.717) is 6.54 Å². The minimum Gasteiger partial charge on any atom is -0.442 e. The first-order valence-corrected chi connectivity index (χ1v) is 8.57. The molecule has 1 unspecified atom stereocenters. The van der Waals surface area contributed by atoms with Gasteiger partial charge in [0.1, 0.15) is 12.3 Å². The second kappa shape index (κ2) is 7.53. The number of anilines is 1. The Morgan fingerprint density at radius 2 is 2.23 bits per heavy atom. The Morgan fingerprint density at radius 1 is 1.42 bits per heavy atom. The molecule has 0 aliphatic carbocycles. The number of cyclic esters (lactones) is 1. The molecule has 1 aromatic rings. The van der Waals surface area contributed by atoms with Crippen molar-refractivity contribution in [2.75, 3.05) is 31.6 Å². The zero-order valence-corrected chi connectivity index (χ0v) is 14.4. The van der Waals surface area contributed by atoms with E-state index in [0.717, 1.165) is 32.0 Å². The minimum absolute atomic E-state index is 0.0468. The van der Waals surface area contributed by atoms with Crippen LogP contribution in [0.15, 0.2) is 23.3 Å². The zero-order chi connectivity index (χ0) is 18.7. The highest BCUT2D eigenvalue weighted by Gasteiger charge is 2.35. The van der Waals surface area contributed by atoms with Gasteiger partial charge in [-0.1, -0.05) is 13.0 Å². The van der Waals surface area contributed by atoms with Crippen molar-refractivity contribution in [2.24, 2.45) is 5.10 Å². The number of ether oxygens (including phenoxy) is 1. The number of benzene rings is 1. The number of hydrazone groups is 1. The highest BCUT2D eigenvalue weighted by atomic mass is 19.4. The summed E-state index contributed by atoms with van der Waals surface area (Å²) < 4.78 is 45.3. The molecule has 0 aromatic heterocycles. The molecule has 1 amide bonds. The molecule has 1 atom stereocenters. The van der Waals surface area contributed by atoms with Gasteiger partial charge in [0.2, 0.25) is 0 Å². The fourth-order valence-electron chi connectivity index (χ4n) is 3.34. The Labute approximate surface area is 149 Å². The molecule has 2 aliphatic rings. The molecular formula is C17H21F3N4O2. The number of hydrogen-bond acceptors (Lipinski definition) is 5. The number of amides is 1. The summed E-state index contributed by atoms with van der Waals surface area (Å²) in [6.07, 6.45) is -3.18. The molecule has 9 heteroatoms. The zero-order valence-electron chi connectivity index (χ0n) is 14.4. The van der Waals surface area contributed by atoms with Crippen LogP contribution < -0.4 is 10.7 Å². The molecule has 2 N–H and O–H groups in total. The van der Waals surface area contributed by atoms with Gasteiger partial charge in [-0.3, -0.25) is 4.90 Å². The number of nitrogens with one attached hydrogen (secondary N) is 2. The normalized spacial score (nSPS) is 21.2. The largest absolute Gasteiger partial charge is 0.442 e. The first kappa shape index (κ1) is 18.5. The second-order valence-electron chi connectivity index (χ2n) is 6.31. The average molecular weight is 370 g/mol. The number of likely N-dealkylation sites (N-methyl/N-ethyl adjacent to an activating group) is 1. The van der Waals surface area contributed by atoms with E-state index in [1.807, 2.05) is 0 Å². The molecule has 0 saturated carbocycles. The number of carbonyl (C=O) groups is 1. The van der Waals surface area contributed by atoms with Crippen LogP contribution in [0, 0.1) is 0 Å². The molecule has 2 heterocycles. The third-order valence-electron chi connectivity index (χ3n) is 4.71.